The summed E-state index contributed by atoms with van der Waals surface area (Å²) in [4.78, 5) is 28.7. The van der Waals surface area contributed by atoms with Crippen molar-refractivity contribution in [1.29, 1.82) is 0 Å². The average molecular weight is 480 g/mol. The van der Waals surface area contributed by atoms with Crippen molar-refractivity contribution in [2.75, 3.05) is 4.90 Å². The lowest BCUT2D eigenvalue weighted by molar-refractivity contribution is -0.117. The van der Waals surface area contributed by atoms with Crippen molar-refractivity contribution < 1.29 is 19.1 Å². The van der Waals surface area contributed by atoms with Gasteiger partial charge in [-0.05, 0) is 41.8 Å². The zero-order valence-electron chi connectivity index (χ0n) is 15.4. The summed E-state index contributed by atoms with van der Waals surface area (Å²) in [6, 6.07) is 19.1. The number of rotatable bonds is 4. The number of carbonyl (C=O) groups excluding carboxylic acids is 2. The highest BCUT2D eigenvalue weighted by Crippen LogP contribution is 2.44. The van der Waals surface area contributed by atoms with E-state index in [-0.39, 0.29) is 11.3 Å². The molecule has 0 fully saturated rings. The number of ketones is 1. The van der Waals surface area contributed by atoms with E-state index in [0.717, 1.165) is 14.7 Å². The second-order valence-corrected chi connectivity index (χ2v) is 8.71. The van der Waals surface area contributed by atoms with Crippen LogP contribution in [0.4, 0.5) is 5.69 Å². The van der Waals surface area contributed by atoms with Crippen LogP contribution in [-0.2, 0) is 4.79 Å². The van der Waals surface area contributed by atoms with E-state index in [1.54, 1.807) is 30.3 Å². The van der Waals surface area contributed by atoms with Gasteiger partial charge in [-0.1, -0.05) is 46.3 Å². The molecule has 7 heteroatoms. The average Bonchev–Trinajstić information content (AvgIpc) is 3.46. The number of thiophene rings is 1. The van der Waals surface area contributed by atoms with Gasteiger partial charge in [0, 0.05) is 20.4 Å². The first-order valence-electron chi connectivity index (χ1n) is 9.13. The molecule has 148 valence electrons. The Labute approximate surface area is 184 Å². The first-order valence-corrected chi connectivity index (χ1v) is 10.8. The Hall–Kier alpha value is -3.16. The zero-order chi connectivity index (χ0) is 20.8. The largest absolute Gasteiger partial charge is 0.503 e. The van der Waals surface area contributed by atoms with Gasteiger partial charge in [-0.15, -0.1) is 11.3 Å². The molecule has 2 aromatic heterocycles. The molecule has 30 heavy (non-hydrogen) atoms. The molecule has 0 saturated carbocycles. The molecule has 1 aliphatic rings. The van der Waals surface area contributed by atoms with Gasteiger partial charge in [-0.2, -0.15) is 0 Å². The minimum Gasteiger partial charge on any atom is -0.503 e. The van der Waals surface area contributed by atoms with Crippen LogP contribution < -0.4 is 4.90 Å². The number of carbonyl (C=O) groups is 2. The molecule has 5 rings (SSSR count). The van der Waals surface area contributed by atoms with Crippen LogP contribution in [0.5, 0.6) is 0 Å². The van der Waals surface area contributed by atoms with E-state index in [1.807, 2.05) is 41.8 Å². The van der Waals surface area contributed by atoms with Crippen molar-refractivity contribution in [1.82, 2.24) is 0 Å². The van der Waals surface area contributed by atoms with Gasteiger partial charge in [0.05, 0.1) is 5.57 Å². The molecule has 1 amide bonds. The molecule has 2 aromatic carbocycles. The first-order chi connectivity index (χ1) is 14.5. The topological polar surface area (TPSA) is 70.8 Å². The highest BCUT2D eigenvalue weighted by molar-refractivity contribution is 9.10. The third-order valence-electron chi connectivity index (χ3n) is 5.00. The molecule has 3 heterocycles. The van der Waals surface area contributed by atoms with Crippen LogP contribution in [-0.4, -0.2) is 16.8 Å². The van der Waals surface area contributed by atoms with Gasteiger partial charge in [0.15, 0.2) is 11.5 Å². The maximum absolute atomic E-state index is 13.4. The number of hydrogen-bond acceptors (Lipinski definition) is 5. The van der Waals surface area contributed by atoms with Crippen molar-refractivity contribution >= 4 is 55.6 Å². The van der Waals surface area contributed by atoms with Gasteiger partial charge >= 0.3 is 0 Å². The number of halogens is 1. The molecule has 4 aromatic rings. The lowest BCUT2D eigenvalue weighted by atomic mass is 10.00. The Morgan fingerprint density at radius 1 is 1.07 bits per heavy atom. The van der Waals surface area contributed by atoms with Crippen molar-refractivity contribution in [3.05, 3.63) is 98.6 Å². The third kappa shape index (κ3) is 2.98. The fourth-order valence-electron chi connectivity index (χ4n) is 3.67. The van der Waals surface area contributed by atoms with Crippen molar-refractivity contribution in [2.24, 2.45) is 0 Å². The van der Waals surface area contributed by atoms with Gasteiger partial charge < -0.3 is 9.52 Å². The van der Waals surface area contributed by atoms with E-state index in [0.29, 0.717) is 11.3 Å². The van der Waals surface area contributed by atoms with E-state index in [9.17, 15) is 14.7 Å². The first kappa shape index (κ1) is 18.8. The van der Waals surface area contributed by atoms with Crippen LogP contribution >= 0.6 is 27.3 Å². The van der Waals surface area contributed by atoms with Gasteiger partial charge in [0.1, 0.15) is 11.6 Å². The third-order valence-corrected chi connectivity index (χ3v) is 6.42. The maximum atomic E-state index is 13.4. The Kier molecular flexibility index (Phi) is 4.56. The summed E-state index contributed by atoms with van der Waals surface area (Å²) in [5, 5.41) is 13.4. The minimum absolute atomic E-state index is 0.0153. The van der Waals surface area contributed by atoms with Crippen LogP contribution in [0.25, 0.3) is 11.0 Å². The molecule has 1 N–H and O–H groups in total. The molecule has 5 nitrogen and oxygen atoms in total. The van der Waals surface area contributed by atoms with Crippen LogP contribution in [0, 0.1) is 0 Å². The van der Waals surface area contributed by atoms with Crippen molar-refractivity contribution in [2.45, 2.75) is 6.04 Å². The summed E-state index contributed by atoms with van der Waals surface area (Å²) in [5.74, 6) is -1.60. The standard InChI is InChI=1S/C23H14BrNO4S/c24-14-6-3-7-15(12-14)25-20(18-9-4-10-30-18)19(22(27)23(25)28)21(26)17-11-13-5-1-2-8-16(13)29-17/h1-12,20,27H. The maximum Gasteiger partial charge on any atom is 0.294 e. The van der Waals surface area contributed by atoms with Gasteiger partial charge in [-0.3, -0.25) is 14.5 Å². The molecule has 0 saturated heterocycles. The molecule has 1 aliphatic heterocycles. The van der Waals surface area contributed by atoms with E-state index in [1.165, 1.54) is 16.2 Å². The van der Waals surface area contributed by atoms with E-state index in [2.05, 4.69) is 15.9 Å². The summed E-state index contributed by atoms with van der Waals surface area (Å²) in [6.07, 6.45) is 0. The fraction of sp³-hybridized carbons (Fsp3) is 0.0435. The number of aliphatic hydroxyl groups excluding tert-OH is 1. The quantitative estimate of drug-likeness (QED) is 0.362. The summed E-state index contributed by atoms with van der Waals surface area (Å²) in [6.45, 7) is 0. The number of hydrogen-bond donors (Lipinski definition) is 1. The van der Waals surface area contributed by atoms with Crippen LogP contribution in [0.15, 0.2) is 92.3 Å². The summed E-state index contributed by atoms with van der Waals surface area (Å²) in [7, 11) is 0. The zero-order valence-corrected chi connectivity index (χ0v) is 17.8. The van der Waals surface area contributed by atoms with Crippen molar-refractivity contribution in [3.8, 4) is 0 Å². The predicted molar refractivity (Wildman–Crippen MR) is 119 cm³/mol. The van der Waals surface area contributed by atoms with Gasteiger partial charge in [0.2, 0.25) is 5.78 Å². The Morgan fingerprint density at radius 3 is 2.63 bits per heavy atom. The molecule has 1 atom stereocenters. The monoisotopic (exact) mass is 479 g/mol. The predicted octanol–water partition coefficient (Wildman–Crippen LogP) is 6.04. The summed E-state index contributed by atoms with van der Waals surface area (Å²) >= 11 is 4.83. The number of benzene rings is 2. The lowest BCUT2D eigenvalue weighted by Gasteiger charge is -2.25. The second-order valence-electron chi connectivity index (χ2n) is 6.81. The molecular weight excluding hydrogens is 466 g/mol. The molecule has 1 unspecified atom stereocenters. The number of Topliss-reactive ketones (excluding diaryl/α,β-unsaturated/α-hetero) is 1. The molecule has 0 radical (unpaired) electrons. The molecule has 0 bridgehead atoms. The van der Waals surface area contributed by atoms with E-state index in [4.69, 9.17) is 4.42 Å². The number of nitrogens with zero attached hydrogens (tertiary/aromatic N) is 1. The van der Waals surface area contributed by atoms with Gasteiger partial charge in [0.25, 0.3) is 5.91 Å². The Morgan fingerprint density at radius 2 is 1.90 bits per heavy atom. The number of fused-ring (bicyclic) bond motifs is 1. The van der Waals surface area contributed by atoms with Crippen LogP contribution in [0.3, 0.4) is 0 Å². The number of anilines is 1. The second kappa shape index (κ2) is 7.27. The summed E-state index contributed by atoms with van der Waals surface area (Å²) < 4.78 is 6.51. The number of furan rings is 1. The van der Waals surface area contributed by atoms with Crippen molar-refractivity contribution in [3.63, 3.8) is 0 Å². The molecular formula is C23H14BrNO4S. The van der Waals surface area contributed by atoms with Gasteiger partial charge in [-0.25, -0.2) is 0 Å². The Balaban J connectivity index is 1.65. The van der Waals surface area contributed by atoms with Crippen LogP contribution in [0.1, 0.15) is 21.5 Å². The summed E-state index contributed by atoms with van der Waals surface area (Å²) in [5.41, 5.74) is 1.16. The number of aliphatic hydroxyl groups is 1. The normalized spacial score (nSPS) is 16.6. The molecule has 0 spiro atoms. The fourth-order valence-corrected chi connectivity index (χ4v) is 4.88. The highest BCUT2D eigenvalue weighted by Gasteiger charge is 2.45. The SMILES string of the molecule is O=C(C1=C(O)C(=O)N(c2cccc(Br)c2)C1c1cccs1)c1cc2ccccc2o1. The minimum atomic E-state index is -0.743. The van der Waals surface area contributed by atoms with E-state index >= 15 is 0 Å². The molecule has 0 aliphatic carbocycles. The smallest absolute Gasteiger partial charge is 0.294 e. The highest BCUT2D eigenvalue weighted by atomic mass is 79.9. The van der Waals surface area contributed by atoms with Crippen LogP contribution in [0.2, 0.25) is 0 Å². The number of amides is 1. The lowest BCUT2D eigenvalue weighted by Crippen LogP contribution is -2.30. The Bertz CT molecular complexity index is 1290. The van der Waals surface area contributed by atoms with E-state index < -0.39 is 23.5 Å². The number of para-hydroxylation sites is 1.